The summed E-state index contributed by atoms with van der Waals surface area (Å²) >= 11 is 2.95. The van der Waals surface area contributed by atoms with Crippen LogP contribution in [0, 0.1) is 11.3 Å². The Balaban J connectivity index is 1.66. The fraction of sp³-hybridized carbons (Fsp3) is 0. The van der Waals surface area contributed by atoms with Crippen molar-refractivity contribution in [3.8, 4) is 32.7 Å². The van der Waals surface area contributed by atoms with Gasteiger partial charge in [-0.15, -0.1) is 22.7 Å². The second-order valence-corrected chi connectivity index (χ2v) is 8.05. The van der Waals surface area contributed by atoms with E-state index in [1.807, 2.05) is 29.8 Å². The van der Waals surface area contributed by atoms with E-state index in [1.54, 1.807) is 17.4 Å². The molecule has 0 aliphatic rings. The highest BCUT2D eigenvalue weighted by molar-refractivity contribution is 7.20. The molecule has 0 amide bonds. The SMILES string of the molecule is N#Cc1c(O)c2c(-c3ccc(-c4ccc5[nH]ccc5c4)s3)csc2[nH]c1=O. The number of pyridine rings is 1. The van der Waals surface area contributed by atoms with Crippen LogP contribution in [0.5, 0.6) is 5.75 Å². The number of thiophene rings is 2. The zero-order valence-corrected chi connectivity index (χ0v) is 15.4. The summed E-state index contributed by atoms with van der Waals surface area (Å²) in [6, 6.07) is 14.1. The van der Waals surface area contributed by atoms with E-state index in [2.05, 4.69) is 28.2 Å². The lowest BCUT2D eigenvalue weighted by Crippen LogP contribution is -2.09. The average Bonchev–Trinajstić information content (AvgIpc) is 3.39. The van der Waals surface area contributed by atoms with Crippen molar-refractivity contribution in [3.63, 3.8) is 0 Å². The number of aromatic nitrogens is 2. The summed E-state index contributed by atoms with van der Waals surface area (Å²) in [6.45, 7) is 0. The van der Waals surface area contributed by atoms with E-state index < -0.39 is 5.56 Å². The zero-order chi connectivity index (χ0) is 18.5. The van der Waals surface area contributed by atoms with Gasteiger partial charge < -0.3 is 15.1 Å². The predicted molar refractivity (Wildman–Crippen MR) is 109 cm³/mol. The molecule has 1 aromatic carbocycles. The first-order valence-electron chi connectivity index (χ1n) is 8.10. The monoisotopic (exact) mass is 389 g/mol. The molecule has 5 aromatic rings. The molecule has 0 aliphatic carbocycles. The zero-order valence-electron chi connectivity index (χ0n) is 13.7. The largest absolute Gasteiger partial charge is 0.506 e. The van der Waals surface area contributed by atoms with Gasteiger partial charge in [0.05, 0.1) is 5.39 Å². The van der Waals surface area contributed by atoms with Crippen molar-refractivity contribution in [1.29, 1.82) is 5.26 Å². The van der Waals surface area contributed by atoms with Gasteiger partial charge in [-0.2, -0.15) is 5.26 Å². The van der Waals surface area contributed by atoms with E-state index >= 15 is 0 Å². The van der Waals surface area contributed by atoms with Crippen LogP contribution in [0.25, 0.3) is 42.0 Å². The number of hydrogen-bond acceptors (Lipinski definition) is 5. The lowest BCUT2D eigenvalue weighted by Gasteiger charge is -2.01. The molecule has 0 atom stereocenters. The molecule has 0 saturated heterocycles. The fourth-order valence-electron chi connectivity index (χ4n) is 3.21. The molecule has 5 rings (SSSR count). The van der Waals surface area contributed by atoms with Gasteiger partial charge in [0, 0.05) is 32.4 Å². The van der Waals surface area contributed by atoms with Crippen LogP contribution in [0.15, 0.2) is 52.8 Å². The Morgan fingerprint density at radius 1 is 1.11 bits per heavy atom. The van der Waals surface area contributed by atoms with Gasteiger partial charge >= 0.3 is 0 Å². The van der Waals surface area contributed by atoms with E-state index in [-0.39, 0.29) is 11.3 Å². The van der Waals surface area contributed by atoms with Crippen LogP contribution < -0.4 is 5.56 Å². The Kier molecular flexibility index (Phi) is 3.44. The standard InChI is InChI=1S/C20H11N3O2S2/c21-8-12-18(24)17-13(9-26-20(17)23-19(12)25)16-4-3-15(27-16)11-1-2-14-10(7-11)5-6-22-14/h1-7,9,22H,(H2,23,24,25). The number of fused-ring (bicyclic) bond motifs is 2. The molecular weight excluding hydrogens is 378 g/mol. The molecule has 7 heteroatoms. The quantitative estimate of drug-likeness (QED) is 0.395. The normalized spacial score (nSPS) is 11.2. The van der Waals surface area contributed by atoms with Gasteiger partial charge in [-0.05, 0) is 41.3 Å². The van der Waals surface area contributed by atoms with Crippen molar-refractivity contribution in [1.82, 2.24) is 9.97 Å². The molecule has 0 radical (unpaired) electrons. The Hall–Kier alpha value is -3.34. The highest BCUT2D eigenvalue weighted by Gasteiger charge is 2.18. The predicted octanol–water partition coefficient (Wildman–Crippen LogP) is 5.04. The maximum atomic E-state index is 11.9. The van der Waals surface area contributed by atoms with Gasteiger partial charge in [0.25, 0.3) is 5.56 Å². The third-order valence-corrected chi connectivity index (χ3v) is 6.60. The molecule has 4 heterocycles. The summed E-state index contributed by atoms with van der Waals surface area (Å²) in [5, 5.41) is 23.2. The van der Waals surface area contributed by atoms with Gasteiger partial charge in [0.2, 0.25) is 0 Å². The van der Waals surface area contributed by atoms with Crippen molar-refractivity contribution in [2.75, 3.05) is 0 Å². The molecule has 3 N–H and O–H groups in total. The van der Waals surface area contributed by atoms with Crippen molar-refractivity contribution in [2.45, 2.75) is 0 Å². The number of H-pyrrole nitrogens is 2. The summed E-state index contributed by atoms with van der Waals surface area (Å²) in [6.07, 6.45) is 1.92. The highest BCUT2D eigenvalue weighted by Crippen LogP contribution is 2.43. The van der Waals surface area contributed by atoms with Gasteiger partial charge in [-0.25, -0.2) is 0 Å². The summed E-state index contributed by atoms with van der Waals surface area (Å²) in [4.78, 5) is 20.4. The summed E-state index contributed by atoms with van der Waals surface area (Å²) in [5.74, 6) is -0.254. The topological polar surface area (TPSA) is 92.7 Å². The van der Waals surface area contributed by atoms with Gasteiger partial charge in [-0.1, -0.05) is 6.07 Å². The second kappa shape index (κ2) is 5.84. The lowest BCUT2D eigenvalue weighted by atomic mass is 10.1. The molecule has 130 valence electrons. The van der Waals surface area contributed by atoms with Gasteiger partial charge in [0.1, 0.15) is 16.6 Å². The Labute approximate surface area is 160 Å². The fourth-order valence-corrected chi connectivity index (χ4v) is 5.27. The van der Waals surface area contributed by atoms with Gasteiger partial charge in [-0.3, -0.25) is 4.79 Å². The number of hydrogen-bond donors (Lipinski definition) is 3. The first-order chi connectivity index (χ1) is 13.2. The smallest absolute Gasteiger partial charge is 0.270 e. The van der Waals surface area contributed by atoms with Crippen LogP contribution in [0.3, 0.4) is 0 Å². The molecule has 0 fully saturated rings. The van der Waals surface area contributed by atoms with Crippen LogP contribution in [0.1, 0.15) is 5.56 Å². The summed E-state index contributed by atoms with van der Waals surface area (Å²) in [7, 11) is 0. The Bertz CT molecular complexity index is 1430. The number of aromatic amines is 2. The number of rotatable bonds is 2. The average molecular weight is 389 g/mol. The Morgan fingerprint density at radius 3 is 2.81 bits per heavy atom. The third-order valence-electron chi connectivity index (χ3n) is 4.54. The molecular formula is C20H11N3O2S2. The van der Waals surface area contributed by atoms with Crippen molar-refractivity contribution in [2.24, 2.45) is 0 Å². The van der Waals surface area contributed by atoms with Crippen molar-refractivity contribution < 1.29 is 5.11 Å². The van der Waals surface area contributed by atoms with E-state index in [1.165, 1.54) is 11.3 Å². The van der Waals surface area contributed by atoms with Crippen LogP contribution in [0.2, 0.25) is 0 Å². The van der Waals surface area contributed by atoms with E-state index in [9.17, 15) is 9.90 Å². The van der Waals surface area contributed by atoms with E-state index in [4.69, 9.17) is 5.26 Å². The summed E-state index contributed by atoms with van der Waals surface area (Å²) < 4.78 is 0. The first kappa shape index (κ1) is 15.9. The second-order valence-electron chi connectivity index (χ2n) is 6.09. The van der Waals surface area contributed by atoms with Crippen molar-refractivity contribution in [3.05, 3.63) is 63.9 Å². The molecule has 0 saturated carbocycles. The van der Waals surface area contributed by atoms with E-state index in [0.717, 1.165) is 31.8 Å². The molecule has 0 spiro atoms. The van der Waals surface area contributed by atoms with E-state index in [0.29, 0.717) is 10.2 Å². The minimum Gasteiger partial charge on any atom is -0.506 e. The summed E-state index contributed by atoms with van der Waals surface area (Å²) in [5.41, 5.74) is 2.21. The lowest BCUT2D eigenvalue weighted by molar-refractivity contribution is 0.479. The minimum absolute atomic E-state index is 0.253. The van der Waals surface area contributed by atoms with Crippen LogP contribution in [-0.2, 0) is 0 Å². The number of nitrogens with one attached hydrogen (secondary N) is 2. The number of nitriles is 1. The third kappa shape index (κ3) is 2.39. The van der Waals surface area contributed by atoms with Gasteiger partial charge in [0.15, 0.2) is 5.56 Å². The maximum Gasteiger partial charge on any atom is 0.270 e. The van der Waals surface area contributed by atoms with Crippen LogP contribution in [0.4, 0.5) is 0 Å². The van der Waals surface area contributed by atoms with Crippen LogP contribution in [-0.4, -0.2) is 15.1 Å². The molecule has 27 heavy (non-hydrogen) atoms. The molecule has 0 aliphatic heterocycles. The van der Waals surface area contributed by atoms with Crippen molar-refractivity contribution >= 4 is 43.8 Å². The minimum atomic E-state index is -0.567. The maximum absolute atomic E-state index is 11.9. The Morgan fingerprint density at radius 2 is 1.96 bits per heavy atom. The molecule has 4 aromatic heterocycles. The molecule has 0 bridgehead atoms. The first-order valence-corrected chi connectivity index (χ1v) is 9.79. The number of aromatic hydroxyl groups is 1. The number of nitrogens with zero attached hydrogens (tertiary/aromatic N) is 1. The van der Waals surface area contributed by atoms with Crippen LogP contribution >= 0.6 is 22.7 Å². The highest BCUT2D eigenvalue weighted by atomic mass is 32.1. The number of benzene rings is 1. The molecule has 0 unspecified atom stereocenters. The molecule has 5 nitrogen and oxygen atoms in total.